The number of para-hydroxylation sites is 1. The van der Waals surface area contributed by atoms with E-state index in [-0.39, 0.29) is 5.91 Å². The molecule has 1 aliphatic heterocycles. The van der Waals surface area contributed by atoms with Crippen molar-refractivity contribution in [3.05, 3.63) is 52.5 Å². The topological polar surface area (TPSA) is 42.0 Å². The summed E-state index contributed by atoms with van der Waals surface area (Å²) in [6.45, 7) is 7.31. The van der Waals surface area contributed by atoms with E-state index < -0.39 is 0 Å². The van der Waals surface area contributed by atoms with E-state index in [2.05, 4.69) is 36.9 Å². The van der Waals surface area contributed by atoms with E-state index in [1.165, 1.54) is 18.5 Å². The quantitative estimate of drug-likeness (QED) is 0.573. The lowest BCUT2D eigenvalue weighted by molar-refractivity contribution is 0.0785. The smallest absolute Gasteiger partial charge is 0.254 e. The Hall–Kier alpha value is -2.40. The predicted molar refractivity (Wildman–Crippen MR) is 122 cm³/mol. The van der Waals surface area contributed by atoms with Gasteiger partial charge in [-0.2, -0.15) is 0 Å². The molecule has 2 aromatic carbocycles. The van der Waals surface area contributed by atoms with E-state index in [4.69, 9.17) is 21.1 Å². The zero-order valence-corrected chi connectivity index (χ0v) is 19.0. The maximum Gasteiger partial charge on any atom is 0.254 e. The number of benzene rings is 2. The Morgan fingerprint density at radius 1 is 1.20 bits per heavy atom. The minimum Gasteiger partial charge on any atom is -0.493 e. The number of nitrogens with zero attached hydrogens (tertiary/aromatic N) is 2. The highest BCUT2D eigenvalue weighted by molar-refractivity contribution is 6.32. The summed E-state index contributed by atoms with van der Waals surface area (Å²) < 4.78 is 11.2. The van der Waals surface area contributed by atoms with Crippen LogP contribution in [0.4, 0.5) is 5.69 Å². The number of hydrogen-bond acceptors (Lipinski definition) is 4. The van der Waals surface area contributed by atoms with E-state index in [0.29, 0.717) is 41.2 Å². The first-order valence-electron chi connectivity index (χ1n) is 10.5. The van der Waals surface area contributed by atoms with Gasteiger partial charge >= 0.3 is 0 Å². The third-order valence-corrected chi connectivity index (χ3v) is 5.51. The first kappa shape index (κ1) is 22.3. The summed E-state index contributed by atoms with van der Waals surface area (Å²) in [5, 5.41) is 0.379. The van der Waals surface area contributed by atoms with Crippen molar-refractivity contribution in [1.82, 2.24) is 4.90 Å². The van der Waals surface area contributed by atoms with Crippen molar-refractivity contribution in [3.63, 3.8) is 0 Å². The minimum absolute atomic E-state index is 0.109. The fourth-order valence-corrected chi connectivity index (χ4v) is 3.96. The van der Waals surface area contributed by atoms with Crippen molar-refractivity contribution in [1.29, 1.82) is 0 Å². The van der Waals surface area contributed by atoms with Crippen LogP contribution >= 0.6 is 11.6 Å². The highest BCUT2D eigenvalue weighted by Crippen LogP contribution is 2.37. The first-order chi connectivity index (χ1) is 14.4. The van der Waals surface area contributed by atoms with Crippen LogP contribution < -0.4 is 14.4 Å². The molecule has 30 heavy (non-hydrogen) atoms. The third-order valence-electron chi connectivity index (χ3n) is 5.23. The number of carbonyl (C=O) groups excluding carboxylic acids is 1. The lowest BCUT2D eigenvalue weighted by atomic mass is 10.1. The third kappa shape index (κ3) is 5.20. The van der Waals surface area contributed by atoms with Gasteiger partial charge in [0.05, 0.1) is 18.7 Å². The molecule has 3 rings (SSSR count). The highest BCUT2D eigenvalue weighted by atomic mass is 35.5. The number of halogens is 1. The van der Waals surface area contributed by atoms with E-state index in [1.54, 1.807) is 24.1 Å². The molecule has 0 saturated carbocycles. The van der Waals surface area contributed by atoms with Gasteiger partial charge in [0.2, 0.25) is 0 Å². The fraction of sp³-hybridized carbons (Fsp3) is 0.458. The number of amides is 1. The summed E-state index contributed by atoms with van der Waals surface area (Å²) in [6, 6.07) is 11.7. The van der Waals surface area contributed by atoms with Gasteiger partial charge in [0.1, 0.15) is 0 Å². The molecule has 0 radical (unpaired) electrons. The highest BCUT2D eigenvalue weighted by Gasteiger charge is 2.21. The summed E-state index contributed by atoms with van der Waals surface area (Å²) in [4.78, 5) is 17.3. The largest absolute Gasteiger partial charge is 0.493 e. The average molecular weight is 431 g/mol. The second-order valence-corrected chi connectivity index (χ2v) is 8.59. The van der Waals surface area contributed by atoms with Crippen molar-refractivity contribution >= 4 is 23.2 Å². The Bertz CT molecular complexity index is 879. The number of methoxy groups -OCH3 is 1. The molecule has 5 nitrogen and oxygen atoms in total. The molecule has 1 amide bonds. The van der Waals surface area contributed by atoms with Gasteiger partial charge in [-0.25, -0.2) is 0 Å². The minimum atomic E-state index is -0.109. The molecule has 1 aliphatic rings. The summed E-state index contributed by atoms with van der Waals surface area (Å²) in [6.07, 6.45) is 2.43. The zero-order chi connectivity index (χ0) is 21.7. The van der Waals surface area contributed by atoms with Gasteiger partial charge < -0.3 is 19.3 Å². The molecule has 0 N–H and O–H groups in total. The fourth-order valence-electron chi connectivity index (χ4n) is 3.69. The molecule has 0 aliphatic carbocycles. The van der Waals surface area contributed by atoms with Crippen LogP contribution in [0.5, 0.6) is 11.5 Å². The maximum absolute atomic E-state index is 13.1. The molecule has 0 unspecified atom stereocenters. The Balaban J connectivity index is 1.79. The van der Waals surface area contributed by atoms with Gasteiger partial charge in [0.15, 0.2) is 11.5 Å². The molecule has 6 heteroatoms. The van der Waals surface area contributed by atoms with Crippen LogP contribution in [0.1, 0.15) is 42.6 Å². The molecular weight excluding hydrogens is 400 g/mol. The van der Waals surface area contributed by atoms with Crippen molar-refractivity contribution in [3.8, 4) is 11.5 Å². The normalized spacial score (nSPS) is 13.6. The van der Waals surface area contributed by atoms with Crippen LogP contribution in [0.15, 0.2) is 36.4 Å². The van der Waals surface area contributed by atoms with Crippen LogP contribution in [0.25, 0.3) is 0 Å². The lowest BCUT2D eigenvalue weighted by Crippen LogP contribution is -2.28. The number of carbonyl (C=O) groups is 1. The number of anilines is 1. The Morgan fingerprint density at radius 3 is 2.57 bits per heavy atom. The molecular formula is C24H31ClN2O3. The van der Waals surface area contributed by atoms with Gasteiger partial charge in [0.25, 0.3) is 5.91 Å². The molecule has 1 heterocycles. The Kier molecular flexibility index (Phi) is 7.48. The van der Waals surface area contributed by atoms with Crippen LogP contribution in [-0.4, -0.2) is 44.7 Å². The number of hydrogen-bond donors (Lipinski definition) is 0. The first-order valence-corrected chi connectivity index (χ1v) is 10.9. The monoisotopic (exact) mass is 430 g/mol. The lowest BCUT2D eigenvalue weighted by Gasteiger charge is -2.25. The van der Waals surface area contributed by atoms with Crippen LogP contribution in [-0.2, 0) is 6.54 Å². The Labute approximate surface area is 184 Å². The van der Waals surface area contributed by atoms with Crippen LogP contribution in [0.2, 0.25) is 5.02 Å². The van der Waals surface area contributed by atoms with Crippen molar-refractivity contribution < 1.29 is 14.3 Å². The molecule has 2 aromatic rings. The van der Waals surface area contributed by atoms with Crippen LogP contribution in [0.3, 0.4) is 0 Å². The van der Waals surface area contributed by atoms with E-state index in [9.17, 15) is 4.79 Å². The van der Waals surface area contributed by atoms with Crippen LogP contribution in [0, 0.1) is 5.92 Å². The second-order valence-electron chi connectivity index (χ2n) is 8.18. The van der Waals surface area contributed by atoms with E-state index in [0.717, 1.165) is 18.7 Å². The molecule has 0 aromatic heterocycles. The Morgan fingerprint density at radius 2 is 1.90 bits per heavy atom. The molecule has 0 atom stereocenters. The van der Waals surface area contributed by atoms with Gasteiger partial charge in [-0.1, -0.05) is 43.6 Å². The summed E-state index contributed by atoms with van der Waals surface area (Å²) >= 11 is 6.43. The predicted octanol–water partition coefficient (Wildman–Crippen LogP) is 5.26. The molecule has 162 valence electrons. The molecule has 0 bridgehead atoms. The standard InChI is InChI=1S/C24H31ClN2O3/c1-17(2)16-30-23-20(25)13-19(14-22(23)29-4)24(28)26(3)15-18-9-5-6-10-21(18)27-11-7-8-12-27/h5-6,9-10,13-14,17H,7-8,11-12,15-16H2,1-4H3. The van der Waals surface area contributed by atoms with Gasteiger partial charge in [-0.05, 0) is 42.5 Å². The average Bonchev–Trinajstić information content (AvgIpc) is 3.26. The zero-order valence-electron chi connectivity index (χ0n) is 18.3. The van der Waals surface area contributed by atoms with E-state index >= 15 is 0 Å². The maximum atomic E-state index is 13.1. The summed E-state index contributed by atoms with van der Waals surface area (Å²) in [5.41, 5.74) is 2.84. The second kappa shape index (κ2) is 10.1. The molecule has 1 fully saturated rings. The number of ether oxygens (including phenoxy) is 2. The molecule has 1 saturated heterocycles. The number of rotatable bonds is 8. The van der Waals surface area contributed by atoms with Crippen molar-refractivity contribution in [2.45, 2.75) is 33.2 Å². The van der Waals surface area contributed by atoms with Crippen molar-refractivity contribution in [2.24, 2.45) is 5.92 Å². The van der Waals surface area contributed by atoms with Gasteiger partial charge in [-0.15, -0.1) is 0 Å². The van der Waals surface area contributed by atoms with E-state index in [1.807, 2.05) is 13.1 Å². The summed E-state index contributed by atoms with van der Waals surface area (Å²) in [5.74, 6) is 1.19. The van der Waals surface area contributed by atoms with Crippen molar-refractivity contribution in [2.75, 3.05) is 38.8 Å². The molecule has 0 spiro atoms. The van der Waals surface area contributed by atoms with Gasteiger partial charge in [0, 0.05) is 37.9 Å². The summed E-state index contributed by atoms with van der Waals surface area (Å²) in [7, 11) is 3.37. The SMILES string of the molecule is COc1cc(C(=O)N(C)Cc2ccccc2N2CCCC2)cc(Cl)c1OCC(C)C. The van der Waals surface area contributed by atoms with Gasteiger partial charge in [-0.3, -0.25) is 4.79 Å².